The second-order valence-corrected chi connectivity index (χ2v) is 9.70. The molecule has 0 spiro atoms. The molecule has 1 aliphatic heterocycles. The smallest absolute Gasteiger partial charge is 0.269 e. The Kier molecular flexibility index (Phi) is 9.64. The van der Waals surface area contributed by atoms with Gasteiger partial charge in [0.15, 0.2) is 0 Å². The highest BCUT2D eigenvalue weighted by atomic mass is 16.6. The van der Waals surface area contributed by atoms with Gasteiger partial charge in [0.1, 0.15) is 5.75 Å². The van der Waals surface area contributed by atoms with E-state index >= 15 is 0 Å². The van der Waals surface area contributed by atoms with E-state index in [2.05, 4.69) is 4.90 Å². The fraction of sp³-hybridized carbons (Fsp3) is 0.290. The van der Waals surface area contributed by atoms with Crippen LogP contribution in [0.3, 0.4) is 0 Å². The summed E-state index contributed by atoms with van der Waals surface area (Å²) in [6.45, 7) is 6.13. The number of piperazine rings is 1. The number of nitrogens with zero attached hydrogens (tertiary/aromatic N) is 4. The fourth-order valence-corrected chi connectivity index (χ4v) is 4.61. The summed E-state index contributed by atoms with van der Waals surface area (Å²) >= 11 is 0. The standard InChI is InChI=1S/C31H34N4O5/c1-24-9-11-26(12-10-24)30(36)33(17-5-7-25-6-3-4-8-29(25)40-2)21-18-32-19-22-34(23-20-32)31(37)27-13-15-28(16-14-27)35(38)39/h3-16H,17-23H2,1-2H3/b7-5+. The van der Waals surface area contributed by atoms with Crippen molar-refractivity contribution >= 4 is 23.6 Å². The molecule has 1 saturated heterocycles. The van der Waals surface area contributed by atoms with E-state index in [1.54, 1.807) is 12.0 Å². The molecular formula is C31H34N4O5. The molecule has 4 rings (SSSR count). The van der Waals surface area contributed by atoms with E-state index in [0.29, 0.717) is 56.9 Å². The summed E-state index contributed by atoms with van der Waals surface area (Å²) < 4.78 is 5.43. The zero-order valence-corrected chi connectivity index (χ0v) is 22.9. The van der Waals surface area contributed by atoms with Gasteiger partial charge in [0.05, 0.1) is 12.0 Å². The van der Waals surface area contributed by atoms with Crippen molar-refractivity contribution in [2.24, 2.45) is 0 Å². The number of amides is 2. The van der Waals surface area contributed by atoms with Crippen LogP contribution in [0.2, 0.25) is 0 Å². The highest BCUT2D eigenvalue weighted by Gasteiger charge is 2.24. The van der Waals surface area contributed by atoms with Crippen molar-refractivity contribution in [3.63, 3.8) is 0 Å². The van der Waals surface area contributed by atoms with Gasteiger partial charge in [-0.25, -0.2) is 0 Å². The first kappa shape index (κ1) is 28.5. The summed E-state index contributed by atoms with van der Waals surface area (Å²) in [6.07, 6.45) is 3.95. The largest absolute Gasteiger partial charge is 0.496 e. The number of carbonyl (C=O) groups excluding carboxylic acids is 2. The van der Waals surface area contributed by atoms with Gasteiger partial charge in [-0.05, 0) is 37.3 Å². The maximum absolute atomic E-state index is 13.4. The number of hydrogen-bond donors (Lipinski definition) is 0. The van der Waals surface area contributed by atoms with Crippen LogP contribution in [0.25, 0.3) is 6.08 Å². The molecule has 3 aromatic carbocycles. The lowest BCUT2D eigenvalue weighted by Crippen LogP contribution is -2.50. The maximum Gasteiger partial charge on any atom is 0.269 e. The van der Waals surface area contributed by atoms with E-state index in [4.69, 9.17) is 4.74 Å². The van der Waals surface area contributed by atoms with E-state index in [1.807, 2.05) is 72.5 Å². The number of rotatable bonds is 10. The third-order valence-corrected chi connectivity index (χ3v) is 7.02. The molecule has 1 aliphatic rings. The minimum Gasteiger partial charge on any atom is -0.496 e. The predicted molar refractivity (Wildman–Crippen MR) is 155 cm³/mol. The van der Waals surface area contributed by atoms with Crippen LogP contribution in [0.15, 0.2) is 78.9 Å². The van der Waals surface area contributed by atoms with Gasteiger partial charge in [-0.3, -0.25) is 24.6 Å². The van der Waals surface area contributed by atoms with Gasteiger partial charge in [0, 0.05) is 74.6 Å². The molecule has 208 valence electrons. The van der Waals surface area contributed by atoms with Gasteiger partial charge in [-0.15, -0.1) is 0 Å². The van der Waals surface area contributed by atoms with Gasteiger partial charge < -0.3 is 14.5 Å². The fourth-order valence-electron chi connectivity index (χ4n) is 4.61. The maximum atomic E-state index is 13.4. The second kappa shape index (κ2) is 13.5. The van der Waals surface area contributed by atoms with Crippen LogP contribution in [-0.4, -0.2) is 84.4 Å². The number of nitro groups is 1. The monoisotopic (exact) mass is 542 g/mol. The second-order valence-electron chi connectivity index (χ2n) is 9.70. The van der Waals surface area contributed by atoms with Gasteiger partial charge in [0.25, 0.3) is 17.5 Å². The van der Waals surface area contributed by atoms with Crippen LogP contribution in [0.4, 0.5) is 5.69 Å². The molecule has 3 aromatic rings. The van der Waals surface area contributed by atoms with Gasteiger partial charge in [-0.1, -0.05) is 48.0 Å². The minimum absolute atomic E-state index is 0.0309. The molecule has 9 nitrogen and oxygen atoms in total. The Labute approximate surface area is 234 Å². The predicted octanol–water partition coefficient (Wildman–Crippen LogP) is 4.53. The first-order chi connectivity index (χ1) is 19.4. The molecule has 0 aromatic heterocycles. The van der Waals surface area contributed by atoms with E-state index in [1.165, 1.54) is 24.3 Å². The number of non-ortho nitro benzene ring substituents is 1. The average Bonchev–Trinajstić information content (AvgIpc) is 2.99. The third-order valence-electron chi connectivity index (χ3n) is 7.02. The molecule has 0 aliphatic carbocycles. The number of nitro benzene ring substituents is 1. The van der Waals surface area contributed by atoms with E-state index in [-0.39, 0.29) is 17.5 Å². The number of hydrogen-bond acceptors (Lipinski definition) is 6. The lowest BCUT2D eigenvalue weighted by atomic mass is 10.1. The minimum atomic E-state index is -0.478. The van der Waals surface area contributed by atoms with Crippen molar-refractivity contribution in [3.8, 4) is 5.75 Å². The normalized spacial score (nSPS) is 13.8. The molecule has 0 atom stereocenters. The van der Waals surface area contributed by atoms with Gasteiger partial charge in [0.2, 0.25) is 0 Å². The Bertz CT molecular complexity index is 1350. The molecule has 40 heavy (non-hydrogen) atoms. The molecular weight excluding hydrogens is 508 g/mol. The topological polar surface area (TPSA) is 96.2 Å². The number of para-hydroxylation sites is 1. The summed E-state index contributed by atoms with van der Waals surface area (Å²) in [7, 11) is 1.64. The summed E-state index contributed by atoms with van der Waals surface area (Å²) in [5.74, 6) is 0.611. The number of ether oxygens (including phenoxy) is 1. The van der Waals surface area contributed by atoms with Gasteiger partial charge in [-0.2, -0.15) is 0 Å². The van der Waals surface area contributed by atoms with Gasteiger partial charge >= 0.3 is 0 Å². The lowest BCUT2D eigenvalue weighted by Gasteiger charge is -2.35. The van der Waals surface area contributed by atoms with Crippen LogP contribution in [-0.2, 0) is 0 Å². The zero-order chi connectivity index (χ0) is 28.5. The SMILES string of the molecule is COc1ccccc1/C=C/CN(CCN1CCN(C(=O)c2ccc([N+](=O)[O-])cc2)CC1)C(=O)c1ccc(C)cc1. The summed E-state index contributed by atoms with van der Waals surface area (Å²) in [4.78, 5) is 42.5. The number of aryl methyl sites for hydroxylation is 1. The quantitative estimate of drug-likeness (QED) is 0.276. The van der Waals surface area contributed by atoms with Crippen LogP contribution < -0.4 is 4.74 Å². The van der Waals surface area contributed by atoms with Crippen LogP contribution in [0, 0.1) is 17.0 Å². The Balaban J connectivity index is 1.36. The van der Waals surface area contributed by atoms with Crippen molar-refractivity contribution in [1.82, 2.24) is 14.7 Å². The number of methoxy groups -OCH3 is 1. The number of carbonyl (C=O) groups is 2. The van der Waals surface area contributed by atoms with Crippen molar-refractivity contribution in [3.05, 3.63) is 111 Å². The Hall–Kier alpha value is -4.50. The van der Waals surface area contributed by atoms with Crippen molar-refractivity contribution in [1.29, 1.82) is 0 Å². The summed E-state index contributed by atoms with van der Waals surface area (Å²) in [5, 5.41) is 10.9. The average molecular weight is 543 g/mol. The Morgan fingerprint density at radius 1 is 0.950 bits per heavy atom. The zero-order valence-electron chi connectivity index (χ0n) is 22.9. The molecule has 2 amide bonds. The van der Waals surface area contributed by atoms with Crippen LogP contribution >= 0.6 is 0 Å². The molecule has 0 radical (unpaired) electrons. The lowest BCUT2D eigenvalue weighted by molar-refractivity contribution is -0.384. The highest BCUT2D eigenvalue weighted by Crippen LogP contribution is 2.19. The Morgan fingerprint density at radius 3 is 2.25 bits per heavy atom. The van der Waals surface area contributed by atoms with E-state index < -0.39 is 4.92 Å². The molecule has 0 saturated carbocycles. The molecule has 0 bridgehead atoms. The van der Waals surface area contributed by atoms with Crippen molar-refractivity contribution in [2.75, 3.05) is 52.9 Å². The Morgan fingerprint density at radius 2 is 1.60 bits per heavy atom. The molecule has 1 heterocycles. The third kappa shape index (κ3) is 7.33. The number of benzene rings is 3. The van der Waals surface area contributed by atoms with Crippen molar-refractivity contribution < 1.29 is 19.2 Å². The molecule has 1 fully saturated rings. The molecule has 0 unspecified atom stereocenters. The van der Waals surface area contributed by atoms with Crippen molar-refractivity contribution in [2.45, 2.75) is 6.92 Å². The molecule has 9 heteroatoms. The first-order valence-electron chi connectivity index (χ1n) is 13.3. The van der Waals surface area contributed by atoms with Crippen LogP contribution in [0.5, 0.6) is 5.75 Å². The van der Waals surface area contributed by atoms with E-state index in [0.717, 1.165) is 16.9 Å². The first-order valence-corrected chi connectivity index (χ1v) is 13.3. The highest BCUT2D eigenvalue weighted by molar-refractivity contribution is 5.95. The molecule has 0 N–H and O–H groups in total. The summed E-state index contributed by atoms with van der Waals surface area (Å²) in [5.41, 5.74) is 3.09. The van der Waals surface area contributed by atoms with E-state index in [9.17, 15) is 19.7 Å². The van der Waals surface area contributed by atoms with Crippen LogP contribution in [0.1, 0.15) is 31.8 Å². The summed E-state index contributed by atoms with van der Waals surface area (Å²) in [6, 6.07) is 21.0.